The molecule has 2 aromatic carbocycles. The van der Waals surface area contributed by atoms with Gasteiger partial charge in [-0.05, 0) is 31.0 Å². The molecule has 0 saturated heterocycles. The maximum atomic E-state index is 13.2. The Labute approximate surface area is 151 Å². The van der Waals surface area contributed by atoms with Crippen LogP contribution in [0.15, 0.2) is 48.5 Å². The summed E-state index contributed by atoms with van der Waals surface area (Å²) in [5.41, 5.74) is 0.827. The molecular formula is C20H21F2NO3. The number of esters is 1. The van der Waals surface area contributed by atoms with Crippen LogP contribution in [0.2, 0.25) is 0 Å². The van der Waals surface area contributed by atoms with Gasteiger partial charge in [0, 0.05) is 18.5 Å². The Bertz CT molecular complexity index is 745. The fraction of sp³-hybridized carbons (Fsp3) is 0.300. The van der Waals surface area contributed by atoms with E-state index in [1.165, 1.54) is 6.92 Å². The van der Waals surface area contributed by atoms with Gasteiger partial charge in [-0.15, -0.1) is 0 Å². The number of carbonyl (C=O) groups is 2. The number of benzene rings is 2. The molecule has 2 aromatic rings. The van der Waals surface area contributed by atoms with Crippen molar-refractivity contribution in [3.05, 3.63) is 71.3 Å². The van der Waals surface area contributed by atoms with Crippen molar-refractivity contribution in [3.63, 3.8) is 0 Å². The van der Waals surface area contributed by atoms with Crippen LogP contribution in [0.3, 0.4) is 0 Å². The fourth-order valence-corrected chi connectivity index (χ4v) is 2.54. The van der Waals surface area contributed by atoms with Crippen LogP contribution in [0.5, 0.6) is 0 Å². The molecule has 2 rings (SSSR count). The Kier molecular flexibility index (Phi) is 6.83. The number of ether oxygens (including phenoxy) is 1. The number of hydrogen-bond donors (Lipinski definition) is 1. The first-order valence-electron chi connectivity index (χ1n) is 8.40. The van der Waals surface area contributed by atoms with Gasteiger partial charge in [0.15, 0.2) is 6.10 Å². The minimum atomic E-state index is -1.08. The summed E-state index contributed by atoms with van der Waals surface area (Å²) >= 11 is 0. The molecule has 0 heterocycles. The van der Waals surface area contributed by atoms with E-state index in [0.717, 1.165) is 24.1 Å². The SMILES string of the molecule is CC[C@H](CNC(=O)[C@@H](C)OC(=O)c1cc(F)cc(F)c1)c1ccccc1. The minimum Gasteiger partial charge on any atom is -0.449 e. The molecule has 0 fully saturated rings. The summed E-state index contributed by atoms with van der Waals surface area (Å²) in [6, 6.07) is 12.1. The van der Waals surface area contributed by atoms with Crippen molar-refractivity contribution >= 4 is 11.9 Å². The zero-order valence-electron chi connectivity index (χ0n) is 14.7. The third kappa shape index (κ3) is 5.37. The zero-order valence-corrected chi connectivity index (χ0v) is 14.7. The quantitative estimate of drug-likeness (QED) is 0.763. The van der Waals surface area contributed by atoms with E-state index in [9.17, 15) is 18.4 Å². The highest BCUT2D eigenvalue weighted by molar-refractivity contribution is 5.92. The molecule has 0 radical (unpaired) electrons. The number of nitrogens with one attached hydrogen (secondary N) is 1. The van der Waals surface area contributed by atoms with Crippen molar-refractivity contribution in [1.82, 2.24) is 5.32 Å². The third-order valence-corrected chi connectivity index (χ3v) is 4.04. The molecule has 0 aliphatic carbocycles. The number of carbonyl (C=O) groups excluding carboxylic acids is 2. The summed E-state index contributed by atoms with van der Waals surface area (Å²) in [6.07, 6.45) is -0.247. The summed E-state index contributed by atoms with van der Waals surface area (Å²) in [6.45, 7) is 3.83. The lowest BCUT2D eigenvalue weighted by Crippen LogP contribution is -2.38. The van der Waals surface area contributed by atoms with Crippen LogP contribution >= 0.6 is 0 Å². The molecule has 138 valence electrons. The highest BCUT2D eigenvalue weighted by atomic mass is 19.1. The summed E-state index contributed by atoms with van der Waals surface area (Å²) < 4.78 is 31.3. The minimum absolute atomic E-state index is 0.139. The van der Waals surface area contributed by atoms with E-state index in [1.54, 1.807) is 0 Å². The Morgan fingerprint density at radius 1 is 1.08 bits per heavy atom. The van der Waals surface area contributed by atoms with Crippen molar-refractivity contribution in [3.8, 4) is 0 Å². The zero-order chi connectivity index (χ0) is 19.1. The van der Waals surface area contributed by atoms with Crippen LogP contribution in [0.1, 0.15) is 42.1 Å². The lowest BCUT2D eigenvalue weighted by molar-refractivity contribution is -0.129. The molecule has 4 nitrogen and oxygen atoms in total. The van der Waals surface area contributed by atoms with E-state index in [-0.39, 0.29) is 11.5 Å². The predicted molar refractivity (Wildman–Crippen MR) is 93.7 cm³/mol. The molecule has 0 unspecified atom stereocenters. The molecule has 0 aliphatic heterocycles. The van der Waals surface area contributed by atoms with Gasteiger partial charge in [0.25, 0.3) is 5.91 Å². The highest BCUT2D eigenvalue weighted by Crippen LogP contribution is 2.18. The van der Waals surface area contributed by atoms with Crippen LogP contribution in [0.25, 0.3) is 0 Å². The number of amides is 1. The van der Waals surface area contributed by atoms with Crippen LogP contribution in [-0.4, -0.2) is 24.5 Å². The first kappa shape index (κ1) is 19.6. The molecule has 0 saturated carbocycles. The van der Waals surface area contributed by atoms with Gasteiger partial charge in [-0.25, -0.2) is 13.6 Å². The first-order chi connectivity index (χ1) is 12.4. The molecule has 1 amide bonds. The lowest BCUT2D eigenvalue weighted by Gasteiger charge is -2.18. The molecule has 2 atom stereocenters. The molecule has 1 N–H and O–H groups in total. The van der Waals surface area contributed by atoms with E-state index >= 15 is 0 Å². The highest BCUT2D eigenvalue weighted by Gasteiger charge is 2.21. The second-order valence-corrected chi connectivity index (χ2v) is 5.97. The van der Waals surface area contributed by atoms with Crippen LogP contribution in [-0.2, 0) is 9.53 Å². The van der Waals surface area contributed by atoms with Gasteiger partial charge in [0.05, 0.1) is 5.56 Å². The summed E-state index contributed by atoms with van der Waals surface area (Å²) in [5, 5.41) is 2.75. The smallest absolute Gasteiger partial charge is 0.339 e. The van der Waals surface area contributed by atoms with Crippen LogP contribution in [0, 0.1) is 11.6 Å². The molecular weight excluding hydrogens is 340 g/mol. The van der Waals surface area contributed by atoms with Gasteiger partial charge in [-0.2, -0.15) is 0 Å². The average molecular weight is 361 g/mol. The Morgan fingerprint density at radius 2 is 1.69 bits per heavy atom. The normalized spacial score (nSPS) is 12.9. The second-order valence-electron chi connectivity index (χ2n) is 5.97. The molecule has 6 heteroatoms. The van der Waals surface area contributed by atoms with Crippen molar-refractivity contribution in [1.29, 1.82) is 0 Å². The summed E-state index contributed by atoms with van der Waals surface area (Å²) in [4.78, 5) is 24.1. The van der Waals surface area contributed by atoms with Crippen molar-refractivity contribution in [2.45, 2.75) is 32.3 Å². The van der Waals surface area contributed by atoms with Gasteiger partial charge in [0.1, 0.15) is 11.6 Å². The Hall–Kier alpha value is -2.76. The average Bonchev–Trinajstić information content (AvgIpc) is 2.62. The summed E-state index contributed by atoms with van der Waals surface area (Å²) in [7, 11) is 0. The maximum Gasteiger partial charge on any atom is 0.339 e. The Morgan fingerprint density at radius 3 is 2.27 bits per heavy atom. The maximum absolute atomic E-state index is 13.2. The van der Waals surface area contributed by atoms with E-state index in [4.69, 9.17) is 4.74 Å². The fourth-order valence-electron chi connectivity index (χ4n) is 2.54. The van der Waals surface area contributed by atoms with E-state index in [1.807, 2.05) is 37.3 Å². The molecule has 0 spiro atoms. The Balaban J connectivity index is 1.91. The van der Waals surface area contributed by atoms with Gasteiger partial charge in [0.2, 0.25) is 0 Å². The topological polar surface area (TPSA) is 55.4 Å². The monoisotopic (exact) mass is 361 g/mol. The number of halogens is 2. The van der Waals surface area contributed by atoms with Crippen molar-refractivity contribution in [2.24, 2.45) is 0 Å². The molecule has 26 heavy (non-hydrogen) atoms. The van der Waals surface area contributed by atoms with Gasteiger partial charge in [-0.3, -0.25) is 4.79 Å². The molecule has 0 aliphatic rings. The predicted octanol–water partition coefficient (Wildman–Crippen LogP) is 3.82. The lowest BCUT2D eigenvalue weighted by atomic mass is 9.96. The van der Waals surface area contributed by atoms with E-state index in [2.05, 4.69) is 5.32 Å². The van der Waals surface area contributed by atoms with Gasteiger partial charge < -0.3 is 10.1 Å². The third-order valence-electron chi connectivity index (χ3n) is 4.04. The van der Waals surface area contributed by atoms with Crippen LogP contribution in [0.4, 0.5) is 8.78 Å². The van der Waals surface area contributed by atoms with Crippen molar-refractivity contribution in [2.75, 3.05) is 6.54 Å². The first-order valence-corrected chi connectivity index (χ1v) is 8.40. The van der Waals surface area contributed by atoms with E-state index in [0.29, 0.717) is 12.6 Å². The van der Waals surface area contributed by atoms with Gasteiger partial charge >= 0.3 is 5.97 Å². The largest absolute Gasteiger partial charge is 0.449 e. The van der Waals surface area contributed by atoms with E-state index < -0.39 is 29.6 Å². The van der Waals surface area contributed by atoms with Crippen molar-refractivity contribution < 1.29 is 23.1 Å². The van der Waals surface area contributed by atoms with Gasteiger partial charge in [-0.1, -0.05) is 37.3 Å². The summed E-state index contributed by atoms with van der Waals surface area (Å²) in [5.74, 6) is -3.06. The molecule has 0 bridgehead atoms. The molecule has 0 aromatic heterocycles. The number of hydrogen-bond acceptors (Lipinski definition) is 3. The number of rotatable bonds is 7. The standard InChI is InChI=1S/C20H21F2NO3/c1-3-14(15-7-5-4-6-8-15)12-23-19(24)13(2)26-20(25)16-9-17(21)11-18(22)10-16/h4-11,13-14H,3,12H2,1-2H3,(H,23,24)/t13-,14-/m1/s1. The van der Waals surface area contributed by atoms with Crippen LogP contribution < -0.4 is 5.32 Å². The second kappa shape index (κ2) is 9.08.